The molecule has 9 heteroatoms. The van der Waals surface area contributed by atoms with E-state index in [-0.39, 0.29) is 24.2 Å². The van der Waals surface area contributed by atoms with Crippen molar-refractivity contribution in [2.24, 2.45) is 0 Å². The number of nitrogens with one attached hydrogen (secondary N) is 1. The van der Waals surface area contributed by atoms with Gasteiger partial charge in [-0.3, -0.25) is 9.48 Å². The first-order chi connectivity index (χ1) is 13.1. The van der Waals surface area contributed by atoms with Crippen molar-refractivity contribution in [3.8, 4) is 0 Å². The highest BCUT2D eigenvalue weighted by atomic mass is 35.5. The molecule has 0 bridgehead atoms. The molecule has 1 N–H and O–H groups in total. The lowest BCUT2D eigenvalue weighted by atomic mass is 10.0. The van der Waals surface area contributed by atoms with Crippen LogP contribution in [0.15, 0.2) is 10.6 Å². The Kier molecular flexibility index (Phi) is 6.72. The molecule has 2 aromatic rings. The summed E-state index contributed by atoms with van der Waals surface area (Å²) in [5.74, 6) is 1.82. The summed E-state index contributed by atoms with van der Waals surface area (Å²) < 4.78 is 7.59. The Hall–Kier alpha value is -1.93. The molecule has 0 radical (unpaired) electrons. The van der Waals surface area contributed by atoms with Gasteiger partial charge < -0.3 is 14.6 Å². The lowest BCUT2D eigenvalue weighted by Crippen LogP contribution is -2.36. The predicted molar refractivity (Wildman–Crippen MR) is 107 cm³/mol. The molecule has 4 heterocycles. The summed E-state index contributed by atoms with van der Waals surface area (Å²) in [7, 11) is 0. The predicted octanol–water partition coefficient (Wildman–Crippen LogP) is 2.54. The SMILES string of the molecule is CC(C)c1nc2c(o1)CCN(C(=O)c1cn(CCC3CCCCN3)nn1)C2.Cl. The van der Waals surface area contributed by atoms with Crippen molar-refractivity contribution >= 4 is 18.3 Å². The van der Waals surface area contributed by atoms with Gasteiger partial charge in [-0.15, -0.1) is 17.5 Å². The summed E-state index contributed by atoms with van der Waals surface area (Å²) in [4.78, 5) is 19.1. The van der Waals surface area contributed by atoms with Crippen LogP contribution in [-0.2, 0) is 19.5 Å². The number of aryl methyl sites for hydroxylation is 1. The van der Waals surface area contributed by atoms with Crippen LogP contribution in [0.4, 0.5) is 0 Å². The Balaban J connectivity index is 0.00000225. The minimum absolute atomic E-state index is 0. The van der Waals surface area contributed by atoms with Gasteiger partial charge in [0.05, 0.1) is 12.7 Å². The maximum atomic E-state index is 12.8. The fraction of sp³-hybridized carbons (Fsp3) is 0.684. The van der Waals surface area contributed by atoms with Crippen molar-refractivity contribution in [2.45, 2.75) is 71.0 Å². The quantitative estimate of drug-likeness (QED) is 0.817. The van der Waals surface area contributed by atoms with E-state index in [1.54, 1.807) is 15.8 Å². The largest absolute Gasteiger partial charge is 0.445 e. The fourth-order valence-electron chi connectivity index (χ4n) is 3.76. The number of nitrogens with zero attached hydrogens (tertiary/aromatic N) is 5. The van der Waals surface area contributed by atoms with Crippen molar-refractivity contribution in [3.05, 3.63) is 29.2 Å². The third kappa shape index (κ3) is 4.55. The maximum Gasteiger partial charge on any atom is 0.276 e. The molecule has 4 rings (SSSR count). The average Bonchev–Trinajstić information content (AvgIpc) is 3.33. The Morgan fingerprint density at radius 2 is 2.25 bits per heavy atom. The van der Waals surface area contributed by atoms with Crippen molar-refractivity contribution in [2.75, 3.05) is 13.1 Å². The number of halogens is 1. The second-order valence-corrected chi connectivity index (χ2v) is 7.86. The zero-order valence-corrected chi connectivity index (χ0v) is 17.4. The van der Waals surface area contributed by atoms with Gasteiger partial charge in [0.15, 0.2) is 11.6 Å². The van der Waals surface area contributed by atoms with E-state index in [0.717, 1.165) is 36.9 Å². The number of carbonyl (C=O) groups excluding carboxylic acids is 1. The van der Waals surface area contributed by atoms with Crippen LogP contribution in [0.1, 0.15) is 73.3 Å². The number of hydrogen-bond acceptors (Lipinski definition) is 6. The van der Waals surface area contributed by atoms with E-state index in [2.05, 4.69) is 34.5 Å². The molecule has 154 valence electrons. The first kappa shape index (κ1) is 20.8. The third-order valence-electron chi connectivity index (χ3n) is 5.40. The van der Waals surface area contributed by atoms with Gasteiger partial charge in [0.2, 0.25) is 0 Å². The Morgan fingerprint density at radius 1 is 1.39 bits per heavy atom. The molecule has 28 heavy (non-hydrogen) atoms. The van der Waals surface area contributed by atoms with Crippen LogP contribution in [0.25, 0.3) is 0 Å². The number of carbonyl (C=O) groups is 1. The van der Waals surface area contributed by atoms with Crippen molar-refractivity contribution < 1.29 is 9.21 Å². The first-order valence-electron chi connectivity index (χ1n) is 10.0. The minimum Gasteiger partial charge on any atom is -0.445 e. The molecular formula is C19H29ClN6O2. The van der Waals surface area contributed by atoms with Crippen LogP contribution in [0.2, 0.25) is 0 Å². The van der Waals surface area contributed by atoms with Crippen LogP contribution >= 0.6 is 12.4 Å². The van der Waals surface area contributed by atoms with Crippen LogP contribution in [0, 0.1) is 0 Å². The van der Waals surface area contributed by atoms with Crippen LogP contribution < -0.4 is 5.32 Å². The van der Waals surface area contributed by atoms with Gasteiger partial charge >= 0.3 is 0 Å². The van der Waals surface area contributed by atoms with Crippen LogP contribution in [0.3, 0.4) is 0 Å². The molecule has 1 atom stereocenters. The van der Waals surface area contributed by atoms with E-state index >= 15 is 0 Å². The fourth-order valence-corrected chi connectivity index (χ4v) is 3.76. The molecule has 0 aromatic carbocycles. The van der Waals surface area contributed by atoms with E-state index in [4.69, 9.17) is 4.42 Å². The number of hydrogen-bond donors (Lipinski definition) is 1. The summed E-state index contributed by atoms with van der Waals surface area (Å²) in [5.41, 5.74) is 1.27. The molecule has 1 fully saturated rings. The summed E-state index contributed by atoms with van der Waals surface area (Å²) in [6.45, 7) is 7.09. The molecule has 2 aliphatic rings. The van der Waals surface area contributed by atoms with Crippen LogP contribution in [-0.4, -0.2) is 49.9 Å². The van der Waals surface area contributed by atoms with Gasteiger partial charge in [-0.2, -0.15) is 0 Å². The molecule has 1 amide bonds. The number of rotatable bonds is 5. The van der Waals surface area contributed by atoms with Crippen molar-refractivity contribution in [1.29, 1.82) is 0 Å². The van der Waals surface area contributed by atoms with Crippen LogP contribution in [0.5, 0.6) is 0 Å². The maximum absolute atomic E-state index is 12.8. The van der Waals surface area contributed by atoms with Crippen molar-refractivity contribution in [3.63, 3.8) is 0 Å². The van der Waals surface area contributed by atoms with E-state index in [9.17, 15) is 4.79 Å². The van der Waals surface area contributed by atoms with E-state index in [0.29, 0.717) is 31.2 Å². The summed E-state index contributed by atoms with van der Waals surface area (Å²) in [5, 5.41) is 11.8. The van der Waals surface area contributed by atoms with Gasteiger partial charge in [-0.05, 0) is 25.8 Å². The minimum atomic E-state index is -0.0863. The Morgan fingerprint density at radius 3 is 3.00 bits per heavy atom. The summed E-state index contributed by atoms with van der Waals surface area (Å²) in [6.07, 6.45) is 7.25. The van der Waals surface area contributed by atoms with Crippen molar-refractivity contribution in [1.82, 2.24) is 30.2 Å². The topological polar surface area (TPSA) is 89.1 Å². The van der Waals surface area contributed by atoms with E-state index < -0.39 is 0 Å². The van der Waals surface area contributed by atoms with E-state index in [1.165, 1.54) is 19.3 Å². The zero-order valence-electron chi connectivity index (χ0n) is 16.6. The van der Waals surface area contributed by atoms with Gasteiger partial charge in [0, 0.05) is 31.5 Å². The standard InChI is InChI=1S/C19H28N6O2.ClH/c1-13(2)18-21-15-11-24(9-7-17(15)27-18)19(26)16-12-25(23-22-16)10-6-14-5-3-4-8-20-14;/h12-14,20H,3-11H2,1-2H3;1H. The zero-order chi connectivity index (χ0) is 18.8. The number of aromatic nitrogens is 4. The van der Waals surface area contributed by atoms with Gasteiger partial charge in [0.1, 0.15) is 11.5 Å². The van der Waals surface area contributed by atoms with E-state index in [1.807, 2.05) is 0 Å². The Labute approximate surface area is 171 Å². The second kappa shape index (κ2) is 9.05. The molecule has 0 spiro atoms. The Bertz CT molecular complexity index is 796. The molecule has 8 nitrogen and oxygen atoms in total. The second-order valence-electron chi connectivity index (χ2n) is 7.86. The molecule has 1 saturated heterocycles. The molecule has 2 aliphatic heterocycles. The monoisotopic (exact) mass is 408 g/mol. The normalized spacial score (nSPS) is 19.4. The summed E-state index contributed by atoms with van der Waals surface area (Å²) >= 11 is 0. The highest BCUT2D eigenvalue weighted by Gasteiger charge is 2.28. The smallest absolute Gasteiger partial charge is 0.276 e. The van der Waals surface area contributed by atoms with Gasteiger partial charge in [-0.1, -0.05) is 25.5 Å². The lowest BCUT2D eigenvalue weighted by Gasteiger charge is -2.24. The van der Waals surface area contributed by atoms with Gasteiger partial charge in [0.25, 0.3) is 5.91 Å². The first-order valence-corrected chi connectivity index (χ1v) is 10.0. The molecule has 2 aromatic heterocycles. The highest BCUT2D eigenvalue weighted by Crippen LogP contribution is 2.24. The highest BCUT2D eigenvalue weighted by molar-refractivity contribution is 5.92. The number of oxazole rings is 1. The lowest BCUT2D eigenvalue weighted by molar-refractivity contribution is 0.0721. The number of amides is 1. The number of piperidine rings is 1. The molecule has 0 aliphatic carbocycles. The summed E-state index contributed by atoms with van der Waals surface area (Å²) in [6, 6.07) is 0.546. The average molecular weight is 409 g/mol. The molecule has 0 saturated carbocycles. The van der Waals surface area contributed by atoms with Gasteiger partial charge in [-0.25, -0.2) is 4.98 Å². The number of fused-ring (bicyclic) bond motifs is 1. The third-order valence-corrected chi connectivity index (χ3v) is 5.40. The molecule has 1 unspecified atom stereocenters. The molecular weight excluding hydrogens is 380 g/mol.